The van der Waals surface area contributed by atoms with Crippen molar-refractivity contribution in [3.05, 3.63) is 0 Å². The van der Waals surface area contributed by atoms with E-state index in [2.05, 4.69) is 0 Å². The molecular formula is C2H4NO3P. The van der Waals surface area contributed by atoms with Crippen LogP contribution in [0.2, 0.25) is 0 Å². The van der Waals surface area contributed by atoms with Gasteiger partial charge < -0.3 is 6.15 Å². The van der Waals surface area contributed by atoms with Crippen LogP contribution in [0.1, 0.15) is 0 Å². The summed E-state index contributed by atoms with van der Waals surface area (Å²) in [5.74, 6) is -1.54. The SMILES string of the molecule is O=P#CC(=O)[O-].[NH4+]. The van der Waals surface area contributed by atoms with Gasteiger partial charge >= 0.3 is 34.0 Å². The number of quaternary nitrogens is 1. The smallest absolute Gasteiger partial charge is 0.369 e. The predicted molar refractivity (Wildman–Crippen MR) is 22.5 cm³/mol. The van der Waals surface area contributed by atoms with Crippen molar-refractivity contribution in [3.63, 3.8) is 0 Å². The number of hydrogen-bond acceptors (Lipinski definition) is 3. The van der Waals surface area contributed by atoms with E-state index >= 15 is 0 Å². The predicted octanol–water partition coefficient (Wildman–Crippen LogP) is -0.637. The Labute approximate surface area is 41.2 Å². The zero-order valence-electron chi connectivity index (χ0n) is 3.67. The van der Waals surface area contributed by atoms with Crippen LogP contribution in [0, 0.1) is 5.63 Å². The first-order valence-electron chi connectivity index (χ1n) is 1.06. The third-order valence-corrected chi connectivity index (χ3v) is 0.411. The molecule has 0 fully saturated rings. The summed E-state index contributed by atoms with van der Waals surface area (Å²) in [5.41, 5.74) is 1.43. The Morgan fingerprint density at radius 3 is 2.14 bits per heavy atom. The molecule has 4 N–H and O–H groups in total. The van der Waals surface area contributed by atoms with Crippen molar-refractivity contribution < 1.29 is 14.5 Å². The summed E-state index contributed by atoms with van der Waals surface area (Å²) in [4.78, 5) is 9.17. The average molecular weight is 121 g/mol. The summed E-state index contributed by atoms with van der Waals surface area (Å²) in [7, 11) is -0.638. The third kappa shape index (κ3) is 10.8. The minimum atomic E-state index is -1.54. The minimum Gasteiger partial charge on any atom is -0.369 e. The summed E-state index contributed by atoms with van der Waals surface area (Å²) in [6, 6.07) is 0. The molecule has 0 heterocycles. The topological polar surface area (TPSA) is 93.7 Å². The summed E-state index contributed by atoms with van der Waals surface area (Å²) in [6.07, 6.45) is 0. The van der Waals surface area contributed by atoms with Crippen molar-refractivity contribution in [2.24, 2.45) is 0 Å². The van der Waals surface area contributed by atoms with E-state index in [4.69, 9.17) is 0 Å². The van der Waals surface area contributed by atoms with E-state index in [0.29, 0.717) is 0 Å². The molecule has 0 amide bonds. The van der Waals surface area contributed by atoms with Crippen LogP contribution in [0.3, 0.4) is 0 Å². The van der Waals surface area contributed by atoms with Gasteiger partial charge in [0.2, 0.25) is 0 Å². The van der Waals surface area contributed by atoms with Gasteiger partial charge in [-0.2, -0.15) is 0 Å². The van der Waals surface area contributed by atoms with E-state index in [9.17, 15) is 14.5 Å². The van der Waals surface area contributed by atoms with Gasteiger partial charge in [0, 0.05) is 0 Å². The molecule has 0 atom stereocenters. The van der Waals surface area contributed by atoms with Gasteiger partial charge in [0.1, 0.15) is 0 Å². The molecule has 0 aromatic rings. The van der Waals surface area contributed by atoms with E-state index in [1.807, 2.05) is 0 Å². The van der Waals surface area contributed by atoms with Gasteiger partial charge in [-0.25, -0.2) is 0 Å². The van der Waals surface area contributed by atoms with Crippen molar-refractivity contribution in [1.29, 1.82) is 0 Å². The molecule has 0 aliphatic carbocycles. The monoisotopic (exact) mass is 121 g/mol. The molecule has 0 aromatic heterocycles. The second-order valence-corrected chi connectivity index (χ2v) is 0.897. The van der Waals surface area contributed by atoms with Crippen LogP contribution in [0.5, 0.6) is 0 Å². The maximum atomic E-state index is 9.18. The van der Waals surface area contributed by atoms with Crippen molar-refractivity contribution >= 4 is 13.9 Å². The molecule has 5 heteroatoms. The number of carboxylic acids is 1. The van der Waals surface area contributed by atoms with Crippen LogP contribution in [-0.2, 0) is 9.36 Å². The zero-order valence-corrected chi connectivity index (χ0v) is 4.57. The Bertz CT molecular complexity index is 145. The summed E-state index contributed by atoms with van der Waals surface area (Å²) >= 11 is 0. The van der Waals surface area contributed by atoms with Crippen molar-refractivity contribution in [3.8, 4) is 5.63 Å². The van der Waals surface area contributed by atoms with Gasteiger partial charge in [-0.15, -0.1) is 0 Å². The van der Waals surface area contributed by atoms with Gasteiger partial charge in [-0.05, 0) is 0 Å². The Hall–Kier alpha value is -0.560. The summed E-state index contributed by atoms with van der Waals surface area (Å²) < 4.78 is 9.18. The van der Waals surface area contributed by atoms with Crippen LogP contribution in [0.15, 0.2) is 0 Å². The number of hydrogen-bond donors (Lipinski definition) is 1. The second-order valence-electron chi connectivity index (χ2n) is 0.491. The molecule has 7 heavy (non-hydrogen) atoms. The number of carbonyl (C=O) groups excluding carboxylic acids is 1. The molecule has 0 aliphatic rings. The second kappa shape index (κ2) is 5.44. The van der Waals surface area contributed by atoms with E-state index in [0.717, 1.165) is 0 Å². The fourth-order valence-electron chi connectivity index (χ4n) is 0.0373. The maximum Gasteiger partial charge on any atom is -0.369 e. The van der Waals surface area contributed by atoms with Gasteiger partial charge in [0.05, 0.1) is 0 Å². The van der Waals surface area contributed by atoms with E-state index in [-0.39, 0.29) is 6.15 Å². The summed E-state index contributed by atoms with van der Waals surface area (Å²) in [5, 5.41) is 9.17. The quantitative estimate of drug-likeness (QED) is 0.432. The van der Waals surface area contributed by atoms with E-state index in [1.54, 1.807) is 0 Å². The molecule has 0 aliphatic heterocycles. The summed E-state index contributed by atoms with van der Waals surface area (Å²) in [6.45, 7) is 0. The Morgan fingerprint density at radius 2 is 2.14 bits per heavy atom. The van der Waals surface area contributed by atoms with Gasteiger partial charge in [0.15, 0.2) is 0 Å². The van der Waals surface area contributed by atoms with E-state index < -0.39 is 13.9 Å². The fourth-order valence-corrected chi connectivity index (χ4v) is 0.112. The molecule has 4 nitrogen and oxygen atoms in total. The van der Waals surface area contributed by atoms with Crippen molar-refractivity contribution in [2.45, 2.75) is 0 Å². The fraction of sp³-hybridized carbons (Fsp3) is 0. The van der Waals surface area contributed by atoms with Crippen LogP contribution in [-0.4, -0.2) is 5.97 Å². The molecule has 0 saturated heterocycles. The molecule has 0 bridgehead atoms. The molecule has 40 valence electrons. The molecule has 0 saturated carbocycles. The zero-order chi connectivity index (χ0) is 4.99. The number of aliphatic carboxylic acids is 1. The maximum absolute atomic E-state index is 9.18. The Kier molecular flexibility index (Phi) is 7.51. The number of carbonyl (C=O) groups is 1. The first-order valence-corrected chi connectivity index (χ1v) is 1.88. The molecule has 0 rings (SSSR count). The molecule has 0 unspecified atom stereocenters. The van der Waals surface area contributed by atoms with Gasteiger partial charge in [0.25, 0.3) is 0 Å². The minimum absolute atomic E-state index is 0. The molecule has 0 spiro atoms. The first-order chi connectivity index (χ1) is 2.77. The van der Waals surface area contributed by atoms with Crippen LogP contribution < -0.4 is 11.3 Å². The van der Waals surface area contributed by atoms with Crippen LogP contribution in [0.25, 0.3) is 0 Å². The molecule has 0 aromatic carbocycles. The van der Waals surface area contributed by atoms with Gasteiger partial charge in [-0.1, -0.05) is 0 Å². The largest absolute Gasteiger partial charge is 0.369 e. The van der Waals surface area contributed by atoms with Crippen molar-refractivity contribution in [2.75, 3.05) is 0 Å². The Balaban J connectivity index is 0. The average Bonchev–Trinajstić information content (AvgIpc) is 1.35. The molecular weight excluding hydrogens is 117 g/mol. The first kappa shape index (κ1) is 9.67. The van der Waals surface area contributed by atoms with Gasteiger partial charge in [-0.3, -0.25) is 0 Å². The standard InChI is InChI=1S/C2HO3P.H3N/c3-2(4)1-6-5;/h(H,3,4);1H3. The number of carboxylic acid groups (broad SMARTS) is 1. The van der Waals surface area contributed by atoms with Crippen molar-refractivity contribution in [1.82, 2.24) is 6.15 Å². The van der Waals surface area contributed by atoms with E-state index in [1.165, 1.54) is 5.63 Å². The Morgan fingerprint density at radius 1 is 1.71 bits per heavy atom. The number of rotatable bonds is 0. The van der Waals surface area contributed by atoms with Crippen LogP contribution in [0.4, 0.5) is 0 Å². The normalized spacial score (nSPS) is 5.14. The molecule has 0 radical (unpaired) electrons. The van der Waals surface area contributed by atoms with Crippen LogP contribution >= 0.6 is 7.92 Å². The third-order valence-electron chi connectivity index (χ3n) is 0.137.